The van der Waals surface area contributed by atoms with Gasteiger partial charge in [0.25, 0.3) is 0 Å². The summed E-state index contributed by atoms with van der Waals surface area (Å²) in [5, 5.41) is 11.7. The number of fused-ring (bicyclic) bond motifs is 6. The van der Waals surface area contributed by atoms with E-state index >= 15 is 0 Å². The van der Waals surface area contributed by atoms with Crippen molar-refractivity contribution in [3.63, 3.8) is 0 Å². The Morgan fingerprint density at radius 3 is 1.35 bits per heavy atom. The van der Waals surface area contributed by atoms with Crippen LogP contribution in [0.15, 0.2) is 142 Å². The van der Waals surface area contributed by atoms with E-state index in [9.17, 15) is 0 Å². The Hall–Kier alpha value is -5.48. The van der Waals surface area contributed by atoms with Crippen LogP contribution in [0.2, 0.25) is 0 Å². The highest BCUT2D eigenvalue weighted by atomic mass is 16.3. The fourth-order valence-corrected chi connectivity index (χ4v) is 5.51. The molecular weight excluding hydrogens is 492 g/mol. The largest absolute Gasteiger partial charge is 0.456 e. The molecule has 0 atom stereocenters. The van der Waals surface area contributed by atoms with Gasteiger partial charge in [0.15, 0.2) is 0 Å². The maximum Gasteiger partial charge on any atom is 0.135 e. The molecule has 0 aliphatic rings. The second-order valence-corrected chi connectivity index (χ2v) is 10.0. The second-order valence-electron chi connectivity index (χ2n) is 10.0. The van der Waals surface area contributed by atoms with E-state index in [2.05, 4.69) is 89.5 Å². The average molecular weight is 517 g/mol. The molecule has 4 nitrogen and oxygen atoms in total. The molecule has 2 heterocycles. The normalized spacial score (nSPS) is 11.5. The number of nitrogens with one attached hydrogen (secondary N) is 2. The van der Waals surface area contributed by atoms with Crippen molar-refractivity contribution in [1.82, 2.24) is 0 Å². The summed E-state index contributed by atoms with van der Waals surface area (Å²) in [6.07, 6.45) is 0. The van der Waals surface area contributed by atoms with Crippen LogP contribution in [-0.4, -0.2) is 0 Å². The minimum Gasteiger partial charge on any atom is -0.456 e. The van der Waals surface area contributed by atoms with Crippen LogP contribution in [0.5, 0.6) is 0 Å². The summed E-state index contributed by atoms with van der Waals surface area (Å²) < 4.78 is 12.1. The Labute approximate surface area is 230 Å². The lowest BCUT2D eigenvalue weighted by Gasteiger charge is -2.14. The number of rotatable bonds is 5. The number of hydrogen-bond donors (Lipinski definition) is 2. The fourth-order valence-electron chi connectivity index (χ4n) is 5.51. The Morgan fingerprint density at radius 2 is 0.800 bits per heavy atom. The lowest BCUT2D eigenvalue weighted by molar-refractivity contribution is 0.668. The smallest absolute Gasteiger partial charge is 0.135 e. The zero-order valence-corrected chi connectivity index (χ0v) is 21.5. The molecule has 2 aromatic heterocycles. The molecular formula is C36H24N2O2. The molecule has 0 bridgehead atoms. The van der Waals surface area contributed by atoms with Crippen LogP contribution in [0.4, 0.5) is 22.7 Å². The van der Waals surface area contributed by atoms with Crippen LogP contribution < -0.4 is 10.6 Å². The summed E-state index contributed by atoms with van der Waals surface area (Å²) in [7, 11) is 0. The van der Waals surface area contributed by atoms with Gasteiger partial charge in [0, 0.05) is 44.3 Å². The van der Waals surface area contributed by atoms with Gasteiger partial charge < -0.3 is 19.5 Å². The van der Waals surface area contributed by atoms with Crippen molar-refractivity contribution in [2.24, 2.45) is 0 Å². The summed E-state index contributed by atoms with van der Waals surface area (Å²) in [5.74, 6) is 0. The molecule has 0 spiro atoms. The van der Waals surface area contributed by atoms with Crippen molar-refractivity contribution in [3.05, 3.63) is 133 Å². The Balaban J connectivity index is 1.19. The molecule has 0 aliphatic carbocycles. The van der Waals surface area contributed by atoms with Gasteiger partial charge in [-0.15, -0.1) is 0 Å². The lowest BCUT2D eigenvalue weighted by Crippen LogP contribution is -1.95. The molecule has 0 unspecified atom stereocenters. The van der Waals surface area contributed by atoms with Crippen molar-refractivity contribution >= 4 is 66.6 Å². The van der Waals surface area contributed by atoms with Crippen LogP contribution in [0.25, 0.3) is 55.0 Å². The molecule has 6 aromatic carbocycles. The first-order valence-electron chi connectivity index (χ1n) is 13.3. The first-order chi connectivity index (χ1) is 19.8. The first kappa shape index (κ1) is 22.5. The molecule has 0 amide bonds. The quantitative estimate of drug-likeness (QED) is 0.239. The predicted octanol–water partition coefficient (Wildman–Crippen LogP) is 10.6. The third-order valence-electron chi connectivity index (χ3n) is 7.37. The van der Waals surface area contributed by atoms with Crippen LogP contribution >= 0.6 is 0 Å². The summed E-state index contributed by atoms with van der Waals surface area (Å²) in [4.78, 5) is 0. The number of furan rings is 2. The van der Waals surface area contributed by atoms with E-state index in [1.165, 1.54) is 0 Å². The molecule has 0 fully saturated rings. The molecule has 0 aliphatic heterocycles. The Morgan fingerprint density at radius 1 is 0.325 bits per heavy atom. The maximum absolute atomic E-state index is 6.03. The standard InChI is InChI=1S/C36H24N2O2/c1-2-8-23(9-3-1)24-18-27(37-25-14-16-35-31(21-25)29-10-4-6-12-33(29)39-35)20-28(19-24)38-26-15-17-36-32(22-26)30-11-5-7-13-34(30)40-36/h1-22,37-38H. The van der Waals surface area contributed by atoms with Gasteiger partial charge in [0.2, 0.25) is 0 Å². The van der Waals surface area contributed by atoms with E-state index in [4.69, 9.17) is 8.83 Å². The molecule has 4 heteroatoms. The molecule has 0 saturated carbocycles. The monoisotopic (exact) mass is 516 g/mol. The zero-order valence-electron chi connectivity index (χ0n) is 21.5. The van der Waals surface area contributed by atoms with Crippen LogP contribution in [0, 0.1) is 0 Å². The summed E-state index contributed by atoms with van der Waals surface area (Å²) in [6, 6.07) is 45.8. The highest BCUT2D eigenvalue weighted by Crippen LogP contribution is 2.35. The van der Waals surface area contributed by atoms with Crippen molar-refractivity contribution in [2.45, 2.75) is 0 Å². The van der Waals surface area contributed by atoms with Crippen LogP contribution in [0.3, 0.4) is 0 Å². The fraction of sp³-hybridized carbons (Fsp3) is 0. The maximum atomic E-state index is 6.03. The van der Waals surface area contributed by atoms with Crippen molar-refractivity contribution in [3.8, 4) is 11.1 Å². The summed E-state index contributed by atoms with van der Waals surface area (Å²) >= 11 is 0. The molecule has 0 saturated heterocycles. The van der Waals surface area contributed by atoms with Crippen LogP contribution in [0.1, 0.15) is 0 Å². The van der Waals surface area contributed by atoms with Gasteiger partial charge in [-0.2, -0.15) is 0 Å². The highest BCUT2D eigenvalue weighted by Gasteiger charge is 2.11. The van der Waals surface area contributed by atoms with Gasteiger partial charge in [-0.05, 0) is 77.9 Å². The van der Waals surface area contributed by atoms with Gasteiger partial charge in [-0.25, -0.2) is 0 Å². The van der Waals surface area contributed by atoms with Crippen molar-refractivity contribution in [1.29, 1.82) is 0 Å². The molecule has 2 N–H and O–H groups in total. The first-order valence-corrected chi connectivity index (χ1v) is 13.3. The highest BCUT2D eigenvalue weighted by molar-refractivity contribution is 6.07. The number of anilines is 4. The molecule has 190 valence electrons. The van der Waals surface area contributed by atoms with Gasteiger partial charge in [-0.3, -0.25) is 0 Å². The van der Waals surface area contributed by atoms with Gasteiger partial charge >= 0.3 is 0 Å². The Bertz CT molecular complexity index is 2040. The minimum absolute atomic E-state index is 0.884. The molecule has 40 heavy (non-hydrogen) atoms. The average Bonchev–Trinajstić information content (AvgIpc) is 3.55. The van der Waals surface area contributed by atoms with E-state index in [0.717, 1.165) is 77.8 Å². The third-order valence-corrected chi connectivity index (χ3v) is 7.37. The predicted molar refractivity (Wildman–Crippen MR) is 166 cm³/mol. The molecule has 8 rings (SSSR count). The number of hydrogen-bond acceptors (Lipinski definition) is 4. The van der Waals surface area contributed by atoms with Crippen LogP contribution in [-0.2, 0) is 0 Å². The topological polar surface area (TPSA) is 50.3 Å². The molecule has 8 aromatic rings. The van der Waals surface area contributed by atoms with Crippen molar-refractivity contribution < 1.29 is 8.83 Å². The van der Waals surface area contributed by atoms with E-state index < -0.39 is 0 Å². The Kier molecular flexibility index (Phi) is 5.10. The number of benzene rings is 6. The second kappa shape index (κ2) is 9.07. The third kappa shape index (κ3) is 3.94. The SMILES string of the molecule is c1ccc(-c2cc(Nc3ccc4oc5ccccc5c4c3)cc(Nc3ccc4oc5ccccc5c4c3)c2)cc1. The van der Waals surface area contributed by atoms with Gasteiger partial charge in [0.05, 0.1) is 0 Å². The zero-order chi connectivity index (χ0) is 26.5. The van der Waals surface area contributed by atoms with E-state index in [1.54, 1.807) is 0 Å². The van der Waals surface area contributed by atoms with E-state index in [1.807, 2.05) is 54.6 Å². The number of para-hydroxylation sites is 2. The van der Waals surface area contributed by atoms with E-state index in [-0.39, 0.29) is 0 Å². The van der Waals surface area contributed by atoms with Crippen molar-refractivity contribution in [2.75, 3.05) is 10.6 Å². The lowest BCUT2D eigenvalue weighted by atomic mass is 10.0. The van der Waals surface area contributed by atoms with Gasteiger partial charge in [0.1, 0.15) is 22.3 Å². The summed E-state index contributed by atoms with van der Waals surface area (Å²) in [5.41, 5.74) is 9.83. The minimum atomic E-state index is 0.884. The van der Waals surface area contributed by atoms with Gasteiger partial charge in [-0.1, -0.05) is 66.7 Å². The summed E-state index contributed by atoms with van der Waals surface area (Å²) in [6.45, 7) is 0. The molecule has 0 radical (unpaired) electrons. The van der Waals surface area contributed by atoms with E-state index in [0.29, 0.717) is 0 Å².